The van der Waals surface area contributed by atoms with Gasteiger partial charge in [0, 0.05) is 6.54 Å². The van der Waals surface area contributed by atoms with Crippen LogP contribution in [0.15, 0.2) is 63.8 Å². The van der Waals surface area contributed by atoms with Gasteiger partial charge in [-0.15, -0.1) is 0 Å². The maximum absolute atomic E-state index is 14.0. The first-order valence-electron chi connectivity index (χ1n) is 12.8. The summed E-state index contributed by atoms with van der Waals surface area (Å²) < 4.78 is 23.1. The maximum atomic E-state index is 14.0. The first-order valence-corrected chi connectivity index (χ1v) is 12.8. The van der Waals surface area contributed by atoms with E-state index in [9.17, 15) is 9.59 Å². The maximum Gasteiger partial charge on any atom is 0.291 e. The van der Waals surface area contributed by atoms with Crippen LogP contribution in [-0.4, -0.2) is 31.1 Å². The van der Waals surface area contributed by atoms with E-state index >= 15 is 0 Å². The minimum absolute atomic E-state index is 0.0797. The second-order valence-corrected chi connectivity index (χ2v) is 9.36. The third-order valence-electron chi connectivity index (χ3n) is 6.98. The lowest BCUT2D eigenvalue weighted by Gasteiger charge is -2.26. The molecule has 1 aromatic heterocycles. The van der Waals surface area contributed by atoms with Crippen LogP contribution in [0.4, 0.5) is 0 Å². The number of ether oxygens (including phenoxy) is 3. The molecule has 38 heavy (non-hydrogen) atoms. The highest BCUT2D eigenvalue weighted by molar-refractivity contribution is 5.99. The fourth-order valence-electron chi connectivity index (χ4n) is 4.95. The van der Waals surface area contributed by atoms with Crippen molar-refractivity contribution in [3.8, 4) is 17.2 Å². The van der Waals surface area contributed by atoms with E-state index in [1.54, 1.807) is 12.0 Å². The summed E-state index contributed by atoms with van der Waals surface area (Å²) in [5.74, 6) is 1.65. The van der Waals surface area contributed by atoms with Gasteiger partial charge < -0.3 is 23.5 Å². The molecule has 0 spiro atoms. The number of hydrogen-bond donors (Lipinski definition) is 0. The Morgan fingerprint density at radius 1 is 0.868 bits per heavy atom. The van der Waals surface area contributed by atoms with Crippen molar-refractivity contribution in [2.45, 2.75) is 40.3 Å². The van der Waals surface area contributed by atoms with E-state index < -0.39 is 6.04 Å². The van der Waals surface area contributed by atoms with E-state index in [1.165, 1.54) is 0 Å². The molecule has 0 saturated carbocycles. The molecule has 1 aliphatic heterocycles. The Morgan fingerprint density at radius 3 is 2.24 bits per heavy atom. The molecule has 4 aromatic rings. The Kier molecular flexibility index (Phi) is 6.85. The second-order valence-electron chi connectivity index (χ2n) is 9.36. The van der Waals surface area contributed by atoms with Crippen molar-refractivity contribution in [1.82, 2.24) is 4.90 Å². The summed E-state index contributed by atoms with van der Waals surface area (Å²) in [6.07, 6.45) is 0. The topological polar surface area (TPSA) is 78.2 Å². The molecule has 0 aliphatic carbocycles. The van der Waals surface area contributed by atoms with Gasteiger partial charge in [0.25, 0.3) is 5.91 Å². The van der Waals surface area contributed by atoms with Crippen LogP contribution in [0.5, 0.6) is 17.2 Å². The summed E-state index contributed by atoms with van der Waals surface area (Å²) >= 11 is 0. The van der Waals surface area contributed by atoms with E-state index in [-0.39, 0.29) is 23.6 Å². The van der Waals surface area contributed by atoms with Gasteiger partial charge in [-0.05, 0) is 86.3 Å². The van der Waals surface area contributed by atoms with Crippen LogP contribution in [0.2, 0.25) is 0 Å². The molecular weight excluding hydrogens is 482 g/mol. The lowest BCUT2D eigenvalue weighted by molar-refractivity contribution is 0.0714. The van der Waals surface area contributed by atoms with Crippen molar-refractivity contribution < 1.29 is 23.4 Å². The second kappa shape index (κ2) is 10.2. The summed E-state index contributed by atoms with van der Waals surface area (Å²) in [5, 5.41) is 0.465. The van der Waals surface area contributed by atoms with Crippen LogP contribution in [0, 0.1) is 13.8 Å². The zero-order valence-corrected chi connectivity index (χ0v) is 22.3. The number of carbonyl (C=O) groups is 1. The van der Waals surface area contributed by atoms with Gasteiger partial charge in [-0.3, -0.25) is 9.59 Å². The van der Waals surface area contributed by atoms with E-state index in [0.717, 1.165) is 28.0 Å². The molecule has 0 bridgehead atoms. The molecule has 1 atom stereocenters. The Hall–Kier alpha value is -4.26. The first-order chi connectivity index (χ1) is 18.4. The number of hydrogen-bond acceptors (Lipinski definition) is 6. The number of carbonyl (C=O) groups excluding carboxylic acids is 1. The average molecular weight is 514 g/mol. The van der Waals surface area contributed by atoms with Crippen molar-refractivity contribution in [3.05, 3.63) is 98.4 Å². The zero-order valence-electron chi connectivity index (χ0n) is 22.3. The lowest BCUT2D eigenvalue weighted by Crippen LogP contribution is -2.29. The highest BCUT2D eigenvalue weighted by Crippen LogP contribution is 2.42. The molecule has 3 aromatic carbocycles. The highest BCUT2D eigenvalue weighted by Gasteiger charge is 2.43. The first kappa shape index (κ1) is 25.4. The monoisotopic (exact) mass is 513 g/mol. The highest BCUT2D eigenvalue weighted by atomic mass is 16.5. The number of aryl methyl sites for hydroxylation is 2. The van der Waals surface area contributed by atoms with E-state index in [0.29, 0.717) is 41.2 Å². The number of benzene rings is 3. The Morgan fingerprint density at radius 2 is 1.55 bits per heavy atom. The smallest absolute Gasteiger partial charge is 0.291 e. The van der Waals surface area contributed by atoms with E-state index in [2.05, 4.69) is 0 Å². The van der Waals surface area contributed by atoms with Crippen molar-refractivity contribution in [1.29, 1.82) is 0 Å². The van der Waals surface area contributed by atoms with Crippen LogP contribution < -0.4 is 19.6 Å². The van der Waals surface area contributed by atoms with Crippen LogP contribution in [0.25, 0.3) is 11.0 Å². The molecule has 0 N–H and O–H groups in total. The molecule has 196 valence electrons. The number of rotatable bonds is 8. The third-order valence-corrected chi connectivity index (χ3v) is 6.98. The van der Waals surface area contributed by atoms with Crippen LogP contribution in [0.1, 0.15) is 58.3 Å². The molecule has 1 aliphatic rings. The van der Waals surface area contributed by atoms with Gasteiger partial charge in [0.2, 0.25) is 5.76 Å². The SMILES string of the molecule is CCOc1ccc(C2c3c(oc4cc(C)c(C)cc4c3=O)C(=O)N2Cc2ccc(OC)cc2)cc1OCC. The molecule has 1 unspecified atom stereocenters. The summed E-state index contributed by atoms with van der Waals surface area (Å²) in [5.41, 5.74) is 4.17. The number of fused-ring (bicyclic) bond motifs is 2. The molecule has 0 saturated heterocycles. The summed E-state index contributed by atoms with van der Waals surface area (Å²) in [7, 11) is 1.61. The van der Waals surface area contributed by atoms with Gasteiger partial charge in [-0.2, -0.15) is 0 Å². The van der Waals surface area contributed by atoms with E-state index in [1.807, 2.05) is 82.3 Å². The van der Waals surface area contributed by atoms with Crippen molar-refractivity contribution >= 4 is 16.9 Å². The van der Waals surface area contributed by atoms with Gasteiger partial charge in [0.1, 0.15) is 11.3 Å². The van der Waals surface area contributed by atoms with E-state index in [4.69, 9.17) is 18.6 Å². The molecule has 0 radical (unpaired) electrons. The van der Waals surface area contributed by atoms with Gasteiger partial charge in [0.05, 0.1) is 37.3 Å². The largest absolute Gasteiger partial charge is 0.497 e. The van der Waals surface area contributed by atoms with Gasteiger partial charge in [-0.25, -0.2) is 0 Å². The van der Waals surface area contributed by atoms with Crippen molar-refractivity contribution in [2.75, 3.05) is 20.3 Å². The number of methoxy groups -OCH3 is 1. The fraction of sp³-hybridized carbons (Fsp3) is 0.290. The van der Waals surface area contributed by atoms with Crippen molar-refractivity contribution in [3.63, 3.8) is 0 Å². The van der Waals surface area contributed by atoms with Crippen LogP contribution in [0.3, 0.4) is 0 Å². The molecule has 5 rings (SSSR count). The average Bonchev–Trinajstić information content (AvgIpc) is 3.18. The van der Waals surface area contributed by atoms with Gasteiger partial charge in [0.15, 0.2) is 16.9 Å². The molecule has 2 heterocycles. The summed E-state index contributed by atoms with van der Waals surface area (Å²) in [6, 6.07) is 16.1. The lowest BCUT2D eigenvalue weighted by atomic mass is 9.97. The predicted octanol–water partition coefficient (Wildman–Crippen LogP) is 5.96. The Bertz CT molecular complexity index is 1570. The molecule has 7 heteroatoms. The van der Waals surface area contributed by atoms with Crippen LogP contribution in [-0.2, 0) is 6.54 Å². The minimum Gasteiger partial charge on any atom is -0.497 e. The standard InChI is InChI=1S/C31H31NO6/c1-6-36-24-13-10-21(16-26(24)37-7-2)28-27-29(33)23-14-18(3)19(4)15-25(23)38-30(27)31(34)32(28)17-20-8-11-22(35-5)12-9-20/h8-16,28H,6-7,17H2,1-5H3. The van der Waals surface area contributed by atoms with Gasteiger partial charge >= 0.3 is 0 Å². The molecule has 1 amide bonds. The molecular formula is C31H31NO6. The minimum atomic E-state index is -0.656. The zero-order chi connectivity index (χ0) is 27.0. The van der Waals surface area contributed by atoms with Crippen LogP contribution >= 0.6 is 0 Å². The number of amides is 1. The third kappa shape index (κ3) is 4.38. The summed E-state index contributed by atoms with van der Waals surface area (Å²) in [6.45, 7) is 8.94. The Labute approximate surface area is 221 Å². The Balaban J connectivity index is 1.70. The number of nitrogens with zero attached hydrogens (tertiary/aromatic N) is 1. The fourth-order valence-corrected chi connectivity index (χ4v) is 4.95. The molecule has 0 fully saturated rings. The van der Waals surface area contributed by atoms with Crippen molar-refractivity contribution in [2.24, 2.45) is 0 Å². The predicted molar refractivity (Wildman–Crippen MR) is 145 cm³/mol. The summed E-state index contributed by atoms with van der Waals surface area (Å²) in [4.78, 5) is 29.5. The normalized spacial score (nSPS) is 14.6. The molecule has 7 nitrogen and oxygen atoms in total. The quantitative estimate of drug-likeness (QED) is 0.289. The van der Waals surface area contributed by atoms with Gasteiger partial charge in [-0.1, -0.05) is 18.2 Å².